The second-order valence-corrected chi connectivity index (χ2v) is 5.64. The molecule has 1 fully saturated rings. The van der Waals surface area contributed by atoms with E-state index in [0.29, 0.717) is 0 Å². The highest BCUT2D eigenvalue weighted by Gasteiger charge is 2.27. The largest absolute Gasteiger partial charge is 0.339 e. The van der Waals surface area contributed by atoms with Gasteiger partial charge in [0.2, 0.25) is 0 Å². The first-order valence-electron chi connectivity index (χ1n) is 7.07. The van der Waals surface area contributed by atoms with Gasteiger partial charge < -0.3 is 10.3 Å². The van der Waals surface area contributed by atoms with Gasteiger partial charge in [0.25, 0.3) is 5.91 Å². The van der Waals surface area contributed by atoms with Crippen molar-refractivity contribution in [2.45, 2.75) is 38.6 Å². The van der Waals surface area contributed by atoms with E-state index in [1.54, 1.807) is 18.0 Å². The van der Waals surface area contributed by atoms with Crippen molar-refractivity contribution >= 4 is 11.6 Å². The molecule has 0 aromatic heterocycles. The topological polar surface area (TPSA) is 58.4 Å². The van der Waals surface area contributed by atoms with Crippen molar-refractivity contribution in [2.75, 3.05) is 12.5 Å². The number of nitrogen functional groups attached to an aromatic ring is 1. The molecule has 0 spiro atoms. The maximum Gasteiger partial charge on any atom is 0.256 e. The van der Waals surface area contributed by atoms with E-state index in [9.17, 15) is 9.18 Å². The molecule has 3 N–H and O–H groups in total. The molecule has 0 aliphatic heterocycles. The van der Waals surface area contributed by atoms with Gasteiger partial charge in [0, 0.05) is 13.1 Å². The highest BCUT2D eigenvalue weighted by Crippen LogP contribution is 2.28. The number of nitrogens with zero attached hydrogens (tertiary/aromatic N) is 1. The number of halogens is 1. The lowest BCUT2D eigenvalue weighted by molar-refractivity contribution is 0.0680. The molecule has 0 atom stereocenters. The highest BCUT2D eigenvalue weighted by atomic mass is 19.1. The van der Waals surface area contributed by atoms with Gasteiger partial charge in [-0.25, -0.2) is 4.39 Å². The van der Waals surface area contributed by atoms with Gasteiger partial charge in [-0.1, -0.05) is 13.0 Å². The van der Waals surface area contributed by atoms with E-state index in [2.05, 4.69) is 12.3 Å². The van der Waals surface area contributed by atoms with Crippen molar-refractivity contribution in [1.82, 2.24) is 4.90 Å². The predicted octanol–water partition coefficient (Wildman–Crippen LogP) is 2.76. The number of hydrogen-bond acceptors (Lipinski definition) is 3. The van der Waals surface area contributed by atoms with Crippen LogP contribution in [-0.2, 0) is 0 Å². The fourth-order valence-corrected chi connectivity index (χ4v) is 2.83. The molecule has 1 aromatic rings. The number of anilines is 1. The second kappa shape index (κ2) is 6.22. The summed E-state index contributed by atoms with van der Waals surface area (Å²) in [7, 11) is 1.79. The third kappa shape index (κ3) is 2.93. The summed E-state index contributed by atoms with van der Waals surface area (Å²) in [5.41, 5.74) is 2.64. The average molecular weight is 279 g/mol. The van der Waals surface area contributed by atoms with Gasteiger partial charge in [-0.2, -0.15) is 0 Å². The maximum absolute atomic E-state index is 13.7. The molecule has 0 heterocycles. The fourth-order valence-electron chi connectivity index (χ4n) is 2.83. The number of carbonyl (C=O) groups excluding carboxylic acids is 1. The second-order valence-electron chi connectivity index (χ2n) is 5.64. The Morgan fingerprint density at radius 1 is 1.35 bits per heavy atom. The van der Waals surface area contributed by atoms with E-state index in [1.807, 2.05) is 0 Å². The Morgan fingerprint density at radius 2 is 2.00 bits per heavy atom. The Labute approximate surface area is 119 Å². The Kier molecular flexibility index (Phi) is 4.60. The van der Waals surface area contributed by atoms with E-state index in [0.717, 1.165) is 31.6 Å². The van der Waals surface area contributed by atoms with Gasteiger partial charge in [-0.3, -0.25) is 10.6 Å². The van der Waals surface area contributed by atoms with E-state index in [4.69, 9.17) is 5.84 Å². The first-order chi connectivity index (χ1) is 9.54. The zero-order valence-electron chi connectivity index (χ0n) is 12.0. The first kappa shape index (κ1) is 14.8. The SMILES string of the molecule is CC1CCC(N(C)C(=O)c2cccc(F)c2NN)CC1. The van der Waals surface area contributed by atoms with E-state index in [1.165, 1.54) is 12.1 Å². The zero-order valence-corrected chi connectivity index (χ0v) is 12.0. The molecular weight excluding hydrogens is 257 g/mol. The molecule has 110 valence electrons. The third-order valence-electron chi connectivity index (χ3n) is 4.24. The van der Waals surface area contributed by atoms with Crippen LogP contribution in [0.5, 0.6) is 0 Å². The Balaban J connectivity index is 2.16. The van der Waals surface area contributed by atoms with Gasteiger partial charge in [0.05, 0.1) is 11.3 Å². The molecule has 4 nitrogen and oxygen atoms in total. The van der Waals surface area contributed by atoms with Crippen LogP contribution in [0.1, 0.15) is 43.0 Å². The van der Waals surface area contributed by atoms with Crippen molar-refractivity contribution in [3.63, 3.8) is 0 Å². The highest BCUT2D eigenvalue weighted by molar-refractivity contribution is 5.99. The first-order valence-corrected chi connectivity index (χ1v) is 7.07. The number of nitrogens with one attached hydrogen (secondary N) is 1. The third-order valence-corrected chi connectivity index (χ3v) is 4.24. The summed E-state index contributed by atoms with van der Waals surface area (Å²) in [6.45, 7) is 2.24. The lowest BCUT2D eigenvalue weighted by Crippen LogP contribution is -2.39. The number of hydrazine groups is 1. The molecule has 20 heavy (non-hydrogen) atoms. The quantitative estimate of drug-likeness (QED) is 0.660. The van der Waals surface area contributed by atoms with E-state index < -0.39 is 5.82 Å². The van der Waals surface area contributed by atoms with E-state index in [-0.39, 0.29) is 23.2 Å². The summed E-state index contributed by atoms with van der Waals surface area (Å²) in [5, 5.41) is 0. The standard InChI is InChI=1S/C15H22FN3O/c1-10-6-8-11(9-7-10)19(2)15(20)12-4-3-5-13(16)14(12)18-17/h3-5,10-11,18H,6-9,17H2,1-2H3. The number of amides is 1. The van der Waals surface area contributed by atoms with Crippen LogP contribution in [0.25, 0.3) is 0 Å². The molecule has 1 aliphatic rings. The Morgan fingerprint density at radius 3 is 2.60 bits per heavy atom. The molecule has 1 aromatic carbocycles. The van der Waals surface area contributed by atoms with E-state index >= 15 is 0 Å². The van der Waals surface area contributed by atoms with Crippen LogP contribution in [0.2, 0.25) is 0 Å². The van der Waals surface area contributed by atoms with Gasteiger partial charge >= 0.3 is 0 Å². The molecule has 0 bridgehead atoms. The average Bonchev–Trinajstić information content (AvgIpc) is 2.46. The minimum Gasteiger partial charge on any atom is -0.339 e. The van der Waals surface area contributed by atoms with Crippen molar-refractivity contribution in [1.29, 1.82) is 0 Å². The van der Waals surface area contributed by atoms with Crippen LogP contribution in [0.4, 0.5) is 10.1 Å². The van der Waals surface area contributed by atoms with Crippen LogP contribution in [0, 0.1) is 11.7 Å². The molecule has 2 rings (SSSR count). The van der Waals surface area contributed by atoms with Crippen LogP contribution in [0.15, 0.2) is 18.2 Å². The summed E-state index contributed by atoms with van der Waals surface area (Å²) in [5.74, 6) is 5.36. The molecule has 0 unspecified atom stereocenters. The predicted molar refractivity (Wildman–Crippen MR) is 77.7 cm³/mol. The maximum atomic E-state index is 13.7. The molecular formula is C15H22FN3O. The summed E-state index contributed by atoms with van der Waals surface area (Å²) in [6.07, 6.45) is 4.27. The number of hydrogen-bond donors (Lipinski definition) is 2. The number of benzene rings is 1. The van der Waals surface area contributed by atoms with Crippen LogP contribution in [-0.4, -0.2) is 23.9 Å². The normalized spacial score (nSPS) is 22.4. The fraction of sp³-hybridized carbons (Fsp3) is 0.533. The number of nitrogens with two attached hydrogens (primary N) is 1. The number of para-hydroxylation sites is 1. The van der Waals surface area contributed by atoms with Crippen molar-refractivity contribution in [3.05, 3.63) is 29.6 Å². The van der Waals surface area contributed by atoms with Crippen molar-refractivity contribution < 1.29 is 9.18 Å². The lowest BCUT2D eigenvalue weighted by Gasteiger charge is -2.34. The molecule has 0 saturated heterocycles. The Hall–Kier alpha value is -1.62. The van der Waals surface area contributed by atoms with Gasteiger partial charge in [0.1, 0.15) is 5.82 Å². The monoisotopic (exact) mass is 279 g/mol. The van der Waals surface area contributed by atoms with Crippen molar-refractivity contribution in [3.8, 4) is 0 Å². The minimum atomic E-state index is -0.510. The summed E-state index contributed by atoms with van der Waals surface area (Å²) >= 11 is 0. The molecule has 0 radical (unpaired) electrons. The number of carbonyl (C=O) groups is 1. The molecule has 1 amide bonds. The Bertz CT molecular complexity index is 484. The van der Waals surface area contributed by atoms with Crippen LogP contribution in [0.3, 0.4) is 0 Å². The van der Waals surface area contributed by atoms with Gasteiger partial charge in [0.15, 0.2) is 0 Å². The molecule has 5 heteroatoms. The summed E-state index contributed by atoms with van der Waals surface area (Å²) in [6, 6.07) is 4.64. The summed E-state index contributed by atoms with van der Waals surface area (Å²) in [4.78, 5) is 14.2. The van der Waals surface area contributed by atoms with Gasteiger partial charge in [-0.15, -0.1) is 0 Å². The van der Waals surface area contributed by atoms with Crippen LogP contribution < -0.4 is 11.3 Å². The smallest absolute Gasteiger partial charge is 0.256 e. The minimum absolute atomic E-state index is 0.0635. The van der Waals surface area contributed by atoms with Crippen LogP contribution >= 0.6 is 0 Å². The zero-order chi connectivity index (χ0) is 14.7. The molecule has 1 aliphatic carbocycles. The van der Waals surface area contributed by atoms with Crippen molar-refractivity contribution in [2.24, 2.45) is 11.8 Å². The molecule has 1 saturated carbocycles. The number of rotatable bonds is 3. The van der Waals surface area contributed by atoms with Gasteiger partial charge in [-0.05, 0) is 43.7 Å². The lowest BCUT2D eigenvalue weighted by atomic mass is 9.86. The summed E-state index contributed by atoms with van der Waals surface area (Å²) < 4.78 is 13.7.